The van der Waals surface area contributed by atoms with E-state index >= 15 is 0 Å². The zero-order valence-electron chi connectivity index (χ0n) is 16.7. The van der Waals surface area contributed by atoms with Crippen molar-refractivity contribution in [2.45, 2.75) is 0 Å². The zero-order chi connectivity index (χ0) is 20.5. The number of anilines is 2. The van der Waals surface area contributed by atoms with Crippen LogP contribution in [0.3, 0.4) is 0 Å². The molecule has 4 aromatic rings. The normalized spacial score (nSPS) is 14.2. The summed E-state index contributed by atoms with van der Waals surface area (Å²) in [5.41, 5.74) is 4.12. The number of nitrogens with one attached hydrogen (secondary N) is 1. The summed E-state index contributed by atoms with van der Waals surface area (Å²) in [5, 5.41) is 4.98. The fraction of sp³-hybridized carbons (Fsp3) is 0.217. The Morgan fingerprint density at radius 3 is 2.70 bits per heavy atom. The van der Waals surface area contributed by atoms with Crippen molar-refractivity contribution in [2.24, 2.45) is 7.05 Å². The molecule has 0 spiro atoms. The van der Waals surface area contributed by atoms with Crippen molar-refractivity contribution in [3.05, 3.63) is 65.8 Å². The van der Waals surface area contributed by atoms with Gasteiger partial charge in [-0.15, -0.1) is 11.3 Å². The van der Waals surface area contributed by atoms with Gasteiger partial charge in [0.1, 0.15) is 9.88 Å². The number of nitrogens with zero attached hydrogens (tertiary/aromatic N) is 3. The Kier molecular flexibility index (Phi) is 4.98. The van der Waals surface area contributed by atoms with Gasteiger partial charge in [-0.2, -0.15) is 0 Å². The fourth-order valence-electron chi connectivity index (χ4n) is 3.70. The smallest absolute Gasteiger partial charge is 0.267 e. The maximum absolute atomic E-state index is 12.7. The van der Waals surface area contributed by atoms with E-state index in [-0.39, 0.29) is 5.91 Å². The number of benzene rings is 2. The van der Waals surface area contributed by atoms with E-state index in [0.717, 1.165) is 53.6 Å². The van der Waals surface area contributed by atoms with E-state index in [2.05, 4.69) is 38.0 Å². The Morgan fingerprint density at radius 2 is 1.90 bits per heavy atom. The number of hydrogen-bond acceptors (Lipinski definition) is 5. The predicted octanol–water partition coefficient (Wildman–Crippen LogP) is 4.39. The minimum atomic E-state index is -0.140. The lowest BCUT2D eigenvalue weighted by atomic mass is 10.2. The van der Waals surface area contributed by atoms with Gasteiger partial charge in [0.2, 0.25) is 0 Å². The van der Waals surface area contributed by atoms with E-state index in [1.165, 1.54) is 16.9 Å². The number of carbonyl (C=O) groups is 1. The lowest BCUT2D eigenvalue weighted by Gasteiger charge is -2.28. The molecule has 1 fully saturated rings. The Hall–Kier alpha value is -3.16. The summed E-state index contributed by atoms with van der Waals surface area (Å²) in [5.74, 6) is -0.140. The van der Waals surface area contributed by atoms with Crippen LogP contribution in [0.5, 0.6) is 0 Å². The number of thiazole rings is 1. The first-order valence-corrected chi connectivity index (χ1v) is 10.7. The highest BCUT2D eigenvalue weighted by molar-refractivity contribution is 7.17. The molecule has 6 nitrogen and oxygen atoms in total. The van der Waals surface area contributed by atoms with Gasteiger partial charge in [-0.3, -0.25) is 4.79 Å². The molecule has 0 radical (unpaired) electrons. The Morgan fingerprint density at radius 1 is 1.10 bits per heavy atom. The SMILES string of the molecule is Cn1ccc2cc(-c3ncc(C(=O)Nc4ccc(N5CCOCC5)cc4)s3)ccc21. The van der Waals surface area contributed by atoms with Crippen molar-refractivity contribution in [2.75, 3.05) is 36.5 Å². The van der Waals surface area contributed by atoms with Crippen LogP contribution in [0.4, 0.5) is 11.4 Å². The van der Waals surface area contributed by atoms with Crippen LogP contribution in [0.25, 0.3) is 21.5 Å². The standard InChI is InChI=1S/C23H22N4O2S/c1-26-9-8-16-14-17(2-7-20(16)26)23-24-15-21(30-23)22(28)25-18-3-5-19(6-4-18)27-10-12-29-13-11-27/h2-9,14-15H,10-13H2,1H3,(H,25,28). The van der Waals surface area contributed by atoms with E-state index < -0.39 is 0 Å². The summed E-state index contributed by atoms with van der Waals surface area (Å²) in [6, 6.07) is 16.3. The highest BCUT2D eigenvalue weighted by Crippen LogP contribution is 2.29. The second-order valence-electron chi connectivity index (χ2n) is 7.33. The number of aromatic nitrogens is 2. The largest absolute Gasteiger partial charge is 0.378 e. The van der Waals surface area contributed by atoms with Gasteiger partial charge < -0.3 is 19.5 Å². The van der Waals surface area contributed by atoms with Gasteiger partial charge in [-0.05, 0) is 48.5 Å². The third kappa shape index (κ3) is 3.69. The summed E-state index contributed by atoms with van der Waals surface area (Å²) in [7, 11) is 2.03. The molecule has 2 aromatic carbocycles. The lowest BCUT2D eigenvalue weighted by molar-refractivity contribution is 0.103. The van der Waals surface area contributed by atoms with Crippen LogP contribution in [0, 0.1) is 0 Å². The van der Waals surface area contributed by atoms with Crippen molar-refractivity contribution >= 4 is 39.5 Å². The Labute approximate surface area is 178 Å². The molecule has 2 aromatic heterocycles. The molecule has 1 aliphatic rings. The second-order valence-corrected chi connectivity index (χ2v) is 8.36. The average molecular weight is 419 g/mol. The maximum Gasteiger partial charge on any atom is 0.267 e. The van der Waals surface area contributed by atoms with Crippen molar-refractivity contribution in [1.29, 1.82) is 0 Å². The minimum Gasteiger partial charge on any atom is -0.378 e. The molecule has 0 atom stereocenters. The summed E-state index contributed by atoms with van der Waals surface area (Å²) in [6.07, 6.45) is 3.69. The van der Waals surface area contributed by atoms with Crippen molar-refractivity contribution in [3.8, 4) is 10.6 Å². The van der Waals surface area contributed by atoms with E-state index in [0.29, 0.717) is 4.88 Å². The third-order valence-corrected chi connectivity index (χ3v) is 6.41. The minimum absolute atomic E-state index is 0.140. The number of hydrogen-bond donors (Lipinski definition) is 1. The molecule has 7 heteroatoms. The molecule has 152 valence electrons. The third-order valence-electron chi connectivity index (χ3n) is 5.36. The van der Waals surface area contributed by atoms with Crippen molar-refractivity contribution in [1.82, 2.24) is 9.55 Å². The molecule has 0 aliphatic carbocycles. The molecule has 1 N–H and O–H groups in total. The molecule has 5 rings (SSSR count). The van der Waals surface area contributed by atoms with Gasteiger partial charge in [-0.25, -0.2) is 4.98 Å². The monoisotopic (exact) mass is 418 g/mol. The van der Waals surface area contributed by atoms with Crippen molar-refractivity contribution < 1.29 is 9.53 Å². The summed E-state index contributed by atoms with van der Waals surface area (Å²) < 4.78 is 7.49. The molecule has 1 amide bonds. The van der Waals surface area contributed by atoms with Crippen LogP contribution in [0.1, 0.15) is 9.67 Å². The molecule has 30 heavy (non-hydrogen) atoms. The van der Waals surface area contributed by atoms with E-state index in [1.54, 1.807) is 6.20 Å². The van der Waals surface area contributed by atoms with Gasteiger partial charge >= 0.3 is 0 Å². The van der Waals surface area contributed by atoms with Crippen LogP contribution >= 0.6 is 11.3 Å². The van der Waals surface area contributed by atoms with Crippen LogP contribution in [0.15, 0.2) is 60.9 Å². The predicted molar refractivity (Wildman–Crippen MR) is 121 cm³/mol. The van der Waals surface area contributed by atoms with E-state index in [4.69, 9.17) is 4.74 Å². The number of aryl methyl sites for hydroxylation is 1. The van der Waals surface area contributed by atoms with Crippen molar-refractivity contribution in [3.63, 3.8) is 0 Å². The first-order chi connectivity index (χ1) is 14.7. The number of rotatable bonds is 4. The average Bonchev–Trinajstić information content (AvgIpc) is 3.42. The van der Waals surface area contributed by atoms with Gasteiger partial charge in [0.25, 0.3) is 5.91 Å². The number of amides is 1. The summed E-state index contributed by atoms with van der Waals surface area (Å²) in [4.78, 5) is 20.0. The molecule has 3 heterocycles. The summed E-state index contributed by atoms with van der Waals surface area (Å²) >= 11 is 1.40. The van der Waals surface area contributed by atoms with Crippen LogP contribution in [-0.4, -0.2) is 41.8 Å². The zero-order valence-corrected chi connectivity index (χ0v) is 17.5. The van der Waals surface area contributed by atoms with Gasteiger partial charge in [0, 0.05) is 54.2 Å². The number of fused-ring (bicyclic) bond motifs is 1. The molecule has 0 unspecified atom stereocenters. The van der Waals surface area contributed by atoms with Gasteiger partial charge in [-0.1, -0.05) is 0 Å². The number of carbonyl (C=O) groups excluding carboxylic acids is 1. The second kappa shape index (κ2) is 7.93. The van der Waals surface area contributed by atoms with Gasteiger partial charge in [0.15, 0.2) is 0 Å². The Balaban J connectivity index is 1.29. The Bertz CT molecular complexity index is 1190. The first kappa shape index (κ1) is 18.8. The molecular formula is C23H22N4O2S. The molecule has 0 saturated carbocycles. The molecular weight excluding hydrogens is 396 g/mol. The first-order valence-electron chi connectivity index (χ1n) is 9.93. The van der Waals surface area contributed by atoms with Crippen LogP contribution < -0.4 is 10.2 Å². The van der Waals surface area contributed by atoms with E-state index in [9.17, 15) is 4.79 Å². The van der Waals surface area contributed by atoms with Crippen LogP contribution in [-0.2, 0) is 11.8 Å². The number of ether oxygens (including phenoxy) is 1. The maximum atomic E-state index is 12.7. The molecule has 1 aliphatic heterocycles. The molecule has 0 bridgehead atoms. The lowest BCUT2D eigenvalue weighted by Crippen LogP contribution is -2.36. The topological polar surface area (TPSA) is 59.4 Å². The highest BCUT2D eigenvalue weighted by atomic mass is 32.1. The fourth-order valence-corrected chi connectivity index (χ4v) is 4.50. The highest BCUT2D eigenvalue weighted by Gasteiger charge is 2.14. The quantitative estimate of drug-likeness (QED) is 0.534. The summed E-state index contributed by atoms with van der Waals surface area (Å²) in [6.45, 7) is 3.29. The van der Waals surface area contributed by atoms with E-state index in [1.807, 2.05) is 43.6 Å². The van der Waals surface area contributed by atoms with Gasteiger partial charge in [0.05, 0.1) is 19.4 Å². The number of morpholine rings is 1. The van der Waals surface area contributed by atoms with Crippen LogP contribution in [0.2, 0.25) is 0 Å². The molecule has 1 saturated heterocycles.